The molecular formula is C14H21NO5S. The molecule has 21 heavy (non-hydrogen) atoms. The summed E-state index contributed by atoms with van der Waals surface area (Å²) in [4.78, 5) is 10.9. The van der Waals surface area contributed by atoms with Crippen molar-refractivity contribution < 1.29 is 23.1 Å². The molecule has 0 fully saturated rings. The van der Waals surface area contributed by atoms with Gasteiger partial charge in [0.2, 0.25) is 10.0 Å². The third kappa shape index (κ3) is 5.02. The molecule has 0 aliphatic heterocycles. The molecule has 0 spiro atoms. The predicted octanol–water partition coefficient (Wildman–Crippen LogP) is 1.96. The Morgan fingerprint density at radius 2 is 1.86 bits per heavy atom. The molecule has 0 unspecified atom stereocenters. The number of benzene rings is 1. The zero-order chi connectivity index (χ0) is 16.0. The first-order valence-corrected chi connectivity index (χ1v) is 8.20. The standard InChI is InChI=1S/C14H21NO5S/c1-4-9-15(10-14(16)17)21(18,19)13-7-5-12(6-8-13)20-11(2)3/h5-8,11H,4,9-10H2,1-3H3,(H,16,17). The number of carboxylic acid groups (broad SMARTS) is 1. The van der Waals surface area contributed by atoms with Crippen molar-refractivity contribution in [2.24, 2.45) is 0 Å². The maximum Gasteiger partial charge on any atom is 0.318 e. The molecule has 6 nitrogen and oxygen atoms in total. The Morgan fingerprint density at radius 1 is 1.29 bits per heavy atom. The number of hydrogen-bond donors (Lipinski definition) is 1. The number of rotatable bonds is 8. The van der Waals surface area contributed by atoms with Gasteiger partial charge in [-0.25, -0.2) is 8.42 Å². The lowest BCUT2D eigenvalue weighted by Gasteiger charge is -2.20. The second-order valence-corrected chi connectivity index (χ2v) is 6.81. The summed E-state index contributed by atoms with van der Waals surface area (Å²) in [5.41, 5.74) is 0. The monoisotopic (exact) mass is 315 g/mol. The lowest BCUT2D eigenvalue weighted by Crippen LogP contribution is -2.36. The van der Waals surface area contributed by atoms with Crippen molar-refractivity contribution in [1.29, 1.82) is 0 Å². The Bertz CT molecular complexity index is 566. The fourth-order valence-corrected chi connectivity index (χ4v) is 3.28. The number of ether oxygens (including phenoxy) is 1. The Morgan fingerprint density at radius 3 is 2.29 bits per heavy atom. The second kappa shape index (κ2) is 7.42. The summed E-state index contributed by atoms with van der Waals surface area (Å²) in [5.74, 6) is -0.601. The minimum absolute atomic E-state index is 0.00365. The van der Waals surface area contributed by atoms with E-state index in [9.17, 15) is 13.2 Å². The fourth-order valence-electron chi connectivity index (χ4n) is 1.80. The summed E-state index contributed by atoms with van der Waals surface area (Å²) >= 11 is 0. The van der Waals surface area contributed by atoms with E-state index in [1.54, 1.807) is 19.1 Å². The van der Waals surface area contributed by atoms with Crippen LogP contribution in [0.1, 0.15) is 27.2 Å². The summed E-state index contributed by atoms with van der Waals surface area (Å²) in [7, 11) is -3.81. The minimum Gasteiger partial charge on any atom is -0.491 e. The normalized spacial score (nSPS) is 11.9. The number of nitrogens with zero attached hydrogens (tertiary/aromatic N) is 1. The van der Waals surface area contributed by atoms with Gasteiger partial charge in [0.05, 0.1) is 11.0 Å². The van der Waals surface area contributed by atoms with Gasteiger partial charge in [-0.1, -0.05) is 6.92 Å². The van der Waals surface area contributed by atoms with Crippen LogP contribution >= 0.6 is 0 Å². The van der Waals surface area contributed by atoms with Gasteiger partial charge in [-0.15, -0.1) is 0 Å². The van der Waals surface area contributed by atoms with E-state index >= 15 is 0 Å². The van der Waals surface area contributed by atoms with E-state index in [1.807, 2.05) is 13.8 Å². The largest absolute Gasteiger partial charge is 0.491 e. The van der Waals surface area contributed by atoms with Gasteiger partial charge < -0.3 is 9.84 Å². The van der Waals surface area contributed by atoms with Gasteiger partial charge >= 0.3 is 5.97 Å². The molecule has 0 saturated heterocycles. The highest BCUT2D eigenvalue weighted by molar-refractivity contribution is 7.89. The molecule has 0 amide bonds. The predicted molar refractivity (Wildman–Crippen MR) is 78.9 cm³/mol. The smallest absolute Gasteiger partial charge is 0.318 e. The van der Waals surface area contributed by atoms with Crippen LogP contribution in [0, 0.1) is 0 Å². The van der Waals surface area contributed by atoms with E-state index in [2.05, 4.69) is 0 Å². The van der Waals surface area contributed by atoms with E-state index in [0.29, 0.717) is 12.2 Å². The zero-order valence-corrected chi connectivity index (χ0v) is 13.3. The number of carbonyl (C=O) groups is 1. The van der Waals surface area contributed by atoms with Gasteiger partial charge in [0, 0.05) is 6.54 Å². The molecule has 1 rings (SSSR count). The van der Waals surface area contributed by atoms with Crippen LogP contribution in [0.3, 0.4) is 0 Å². The van der Waals surface area contributed by atoms with E-state index in [1.165, 1.54) is 12.1 Å². The molecule has 0 atom stereocenters. The molecule has 1 aromatic rings. The molecule has 118 valence electrons. The summed E-state index contributed by atoms with van der Waals surface area (Å²) < 4.78 is 31.2. The Labute approximate surface area is 125 Å². The second-order valence-electron chi connectivity index (χ2n) is 4.87. The van der Waals surface area contributed by atoms with E-state index in [-0.39, 0.29) is 17.5 Å². The van der Waals surface area contributed by atoms with Crippen molar-refractivity contribution in [1.82, 2.24) is 4.31 Å². The molecule has 0 heterocycles. The summed E-state index contributed by atoms with van der Waals surface area (Å²) in [6, 6.07) is 5.99. The number of sulfonamides is 1. The highest BCUT2D eigenvalue weighted by Gasteiger charge is 2.25. The molecule has 0 bridgehead atoms. The van der Waals surface area contributed by atoms with E-state index in [4.69, 9.17) is 9.84 Å². The van der Waals surface area contributed by atoms with Crippen LogP contribution in [-0.4, -0.2) is 43.0 Å². The molecule has 0 radical (unpaired) electrons. The van der Waals surface area contributed by atoms with Crippen LogP contribution in [0.5, 0.6) is 5.75 Å². The third-order valence-electron chi connectivity index (χ3n) is 2.62. The van der Waals surface area contributed by atoms with Crippen molar-refractivity contribution in [3.63, 3.8) is 0 Å². The lowest BCUT2D eigenvalue weighted by molar-refractivity contribution is -0.137. The summed E-state index contributed by atoms with van der Waals surface area (Å²) in [6.45, 7) is 5.17. The average Bonchev–Trinajstić information content (AvgIpc) is 2.37. The van der Waals surface area contributed by atoms with E-state index in [0.717, 1.165) is 4.31 Å². The SMILES string of the molecule is CCCN(CC(=O)O)S(=O)(=O)c1ccc(OC(C)C)cc1. The molecule has 1 aromatic carbocycles. The third-order valence-corrected chi connectivity index (χ3v) is 4.48. The van der Waals surface area contributed by atoms with Crippen LogP contribution in [0.25, 0.3) is 0 Å². The Hall–Kier alpha value is -1.60. The van der Waals surface area contributed by atoms with Crippen LogP contribution < -0.4 is 4.74 Å². The van der Waals surface area contributed by atoms with Crippen molar-refractivity contribution in [3.05, 3.63) is 24.3 Å². The molecule has 0 aromatic heterocycles. The average molecular weight is 315 g/mol. The highest BCUT2D eigenvalue weighted by Crippen LogP contribution is 2.20. The molecule has 7 heteroatoms. The fraction of sp³-hybridized carbons (Fsp3) is 0.500. The molecule has 0 aliphatic rings. The van der Waals surface area contributed by atoms with Crippen molar-refractivity contribution in [2.45, 2.75) is 38.2 Å². The molecule has 1 N–H and O–H groups in total. The number of hydrogen-bond acceptors (Lipinski definition) is 4. The van der Waals surface area contributed by atoms with Gasteiger partial charge in [0.1, 0.15) is 12.3 Å². The van der Waals surface area contributed by atoms with Gasteiger partial charge in [-0.3, -0.25) is 4.79 Å². The van der Waals surface area contributed by atoms with Crippen molar-refractivity contribution in [3.8, 4) is 5.75 Å². The lowest BCUT2D eigenvalue weighted by atomic mass is 10.3. The van der Waals surface area contributed by atoms with Gasteiger partial charge in [-0.2, -0.15) is 4.31 Å². The Kier molecular flexibility index (Phi) is 6.17. The summed E-state index contributed by atoms with van der Waals surface area (Å²) in [6.07, 6.45) is 0.539. The maximum atomic E-state index is 12.4. The van der Waals surface area contributed by atoms with Gasteiger partial charge in [0.25, 0.3) is 0 Å². The molecular weight excluding hydrogens is 294 g/mol. The number of carboxylic acids is 1. The van der Waals surface area contributed by atoms with Crippen LogP contribution in [-0.2, 0) is 14.8 Å². The van der Waals surface area contributed by atoms with Gasteiger partial charge in [-0.05, 0) is 44.5 Å². The van der Waals surface area contributed by atoms with Crippen LogP contribution in [0.4, 0.5) is 0 Å². The number of aliphatic carboxylic acids is 1. The maximum absolute atomic E-state index is 12.4. The topological polar surface area (TPSA) is 83.9 Å². The Balaban J connectivity index is 3.01. The molecule has 0 saturated carbocycles. The van der Waals surface area contributed by atoms with Crippen LogP contribution in [0.2, 0.25) is 0 Å². The molecule has 0 aliphatic carbocycles. The van der Waals surface area contributed by atoms with Crippen molar-refractivity contribution in [2.75, 3.05) is 13.1 Å². The zero-order valence-electron chi connectivity index (χ0n) is 12.4. The van der Waals surface area contributed by atoms with Gasteiger partial charge in [0.15, 0.2) is 0 Å². The first kappa shape index (κ1) is 17.5. The van der Waals surface area contributed by atoms with Crippen LogP contribution in [0.15, 0.2) is 29.2 Å². The minimum atomic E-state index is -3.81. The van der Waals surface area contributed by atoms with E-state index < -0.39 is 22.5 Å². The van der Waals surface area contributed by atoms with Crippen molar-refractivity contribution >= 4 is 16.0 Å². The quantitative estimate of drug-likeness (QED) is 0.793. The first-order chi connectivity index (χ1) is 9.77. The summed E-state index contributed by atoms with van der Waals surface area (Å²) in [5, 5.41) is 8.84. The highest BCUT2D eigenvalue weighted by atomic mass is 32.2. The first-order valence-electron chi connectivity index (χ1n) is 6.76.